The first-order valence-corrected chi connectivity index (χ1v) is 7.32. The molecule has 18 heavy (non-hydrogen) atoms. The van der Waals surface area contributed by atoms with Gasteiger partial charge >= 0.3 is 6.01 Å². The van der Waals surface area contributed by atoms with Crippen molar-refractivity contribution in [3.8, 4) is 6.01 Å². The van der Waals surface area contributed by atoms with E-state index in [2.05, 4.69) is 20.3 Å². The maximum absolute atomic E-state index is 5.61. The molecule has 2 rings (SSSR count). The van der Waals surface area contributed by atoms with Crippen LogP contribution in [0.25, 0.3) is 0 Å². The largest absolute Gasteiger partial charge is 0.464 e. The average Bonchev–Trinajstić information content (AvgIpc) is 2.37. The van der Waals surface area contributed by atoms with Crippen LogP contribution in [0.4, 0.5) is 11.9 Å². The molecule has 1 aliphatic heterocycles. The van der Waals surface area contributed by atoms with E-state index in [0.29, 0.717) is 17.8 Å². The van der Waals surface area contributed by atoms with Crippen LogP contribution in [0.1, 0.15) is 26.2 Å². The van der Waals surface area contributed by atoms with Gasteiger partial charge in [-0.2, -0.15) is 26.7 Å². The van der Waals surface area contributed by atoms with Crippen molar-refractivity contribution in [1.82, 2.24) is 15.0 Å². The van der Waals surface area contributed by atoms with E-state index in [1.807, 2.05) is 18.7 Å². The molecule has 2 heterocycles. The molecule has 1 aromatic rings. The van der Waals surface area contributed by atoms with Crippen LogP contribution in [-0.2, 0) is 0 Å². The SMILES string of the molecule is CCOc1nc(N)nc(NCC2CCCCS2)n1. The Kier molecular flexibility index (Phi) is 4.86. The van der Waals surface area contributed by atoms with Crippen LogP contribution < -0.4 is 15.8 Å². The van der Waals surface area contributed by atoms with Crippen molar-refractivity contribution in [1.29, 1.82) is 0 Å². The quantitative estimate of drug-likeness (QED) is 0.838. The lowest BCUT2D eigenvalue weighted by Gasteiger charge is -2.21. The molecule has 0 aromatic carbocycles. The van der Waals surface area contributed by atoms with Gasteiger partial charge in [0.2, 0.25) is 11.9 Å². The fraction of sp³-hybridized carbons (Fsp3) is 0.727. The van der Waals surface area contributed by atoms with E-state index in [1.165, 1.54) is 25.0 Å². The Bertz CT molecular complexity index is 384. The Morgan fingerprint density at radius 1 is 1.39 bits per heavy atom. The highest BCUT2D eigenvalue weighted by Gasteiger charge is 2.14. The molecule has 1 saturated heterocycles. The summed E-state index contributed by atoms with van der Waals surface area (Å²) < 4.78 is 5.23. The van der Waals surface area contributed by atoms with E-state index in [4.69, 9.17) is 10.5 Å². The second-order valence-electron chi connectivity index (χ2n) is 4.10. The first kappa shape index (κ1) is 13.2. The number of aromatic nitrogens is 3. The molecule has 0 bridgehead atoms. The van der Waals surface area contributed by atoms with Gasteiger partial charge in [0.05, 0.1) is 6.61 Å². The van der Waals surface area contributed by atoms with Crippen LogP contribution in [0.3, 0.4) is 0 Å². The lowest BCUT2D eigenvalue weighted by molar-refractivity contribution is 0.312. The third-order valence-corrected chi connectivity index (χ3v) is 4.07. The van der Waals surface area contributed by atoms with Crippen molar-refractivity contribution >= 4 is 23.7 Å². The highest BCUT2D eigenvalue weighted by atomic mass is 32.2. The molecular formula is C11H19N5OS. The number of nitrogens with two attached hydrogens (primary N) is 1. The van der Waals surface area contributed by atoms with Gasteiger partial charge in [0.25, 0.3) is 0 Å². The summed E-state index contributed by atoms with van der Waals surface area (Å²) in [6, 6.07) is 0.281. The first-order chi connectivity index (χ1) is 8.78. The van der Waals surface area contributed by atoms with Crippen molar-refractivity contribution in [2.24, 2.45) is 0 Å². The molecule has 6 nitrogen and oxygen atoms in total. The number of anilines is 2. The van der Waals surface area contributed by atoms with E-state index in [0.717, 1.165) is 6.54 Å². The Labute approximate surface area is 111 Å². The Morgan fingerprint density at radius 3 is 3.00 bits per heavy atom. The van der Waals surface area contributed by atoms with E-state index in [-0.39, 0.29) is 12.0 Å². The second-order valence-corrected chi connectivity index (χ2v) is 5.51. The number of nitrogen functional groups attached to an aromatic ring is 1. The van der Waals surface area contributed by atoms with Crippen LogP contribution >= 0.6 is 11.8 Å². The van der Waals surface area contributed by atoms with Crippen molar-refractivity contribution in [2.45, 2.75) is 31.4 Å². The summed E-state index contributed by atoms with van der Waals surface area (Å²) in [4.78, 5) is 12.1. The van der Waals surface area contributed by atoms with Gasteiger partial charge < -0.3 is 15.8 Å². The van der Waals surface area contributed by atoms with Crippen molar-refractivity contribution in [3.05, 3.63) is 0 Å². The van der Waals surface area contributed by atoms with Gasteiger partial charge in [-0.05, 0) is 25.5 Å². The minimum absolute atomic E-state index is 0.187. The summed E-state index contributed by atoms with van der Waals surface area (Å²) in [6.45, 7) is 3.26. The van der Waals surface area contributed by atoms with Gasteiger partial charge in [0.15, 0.2) is 0 Å². The summed E-state index contributed by atoms with van der Waals surface area (Å²) in [5, 5.41) is 3.84. The highest BCUT2D eigenvalue weighted by Crippen LogP contribution is 2.25. The number of ether oxygens (including phenoxy) is 1. The molecule has 0 spiro atoms. The Morgan fingerprint density at radius 2 is 2.28 bits per heavy atom. The van der Waals surface area contributed by atoms with Gasteiger partial charge in [0, 0.05) is 11.8 Å². The predicted octanol–water partition coefficient (Wildman–Crippen LogP) is 1.55. The molecule has 0 radical (unpaired) electrons. The first-order valence-electron chi connectivity index (χ1n) is 6.27. The monoisotopic (exact) mass is 269 g/mol. The molecule has 1 fully saturated rings. The zero-order valence-electron chi connectivity index (χ0n) is 10.6. The summed E-state index contributed by atoms with van der Waals surface area (Å²) in [5.74, 6) is 1.93. The molecule has 7 heteroatoms. The van der Waals surface area contributed by atoms with Crippen LogP contribution in [0.5, 0.6) is 6.01 Å². The Balaban J connectivity index is 1.91. The standard InChI is InChI=1S/C11H19N5OS/c1-2-17-11-15-9(12)14-10(16-11)13-7-8-5-3-4-6-18-8/h8H,2-7H2,1H3,(H3,12,13,14,15,16). The maximum Gasteiger partial charge on any atom is 0.323 e. The predicted molar refractivity (Wildman–Crippen MR) is 74.0 cm³/mol. The zero-order chi connectivity index (χ0) is 12.8. The molecule has 0 aliphatic carbocycles. The second kappa shape index (κ2) is 6.63. The van der Waals surface area contributed by atoms with Gasteiger partial charge in [-0.1, -0.05) is 6.42 Å². The molecule has 3 N–H and O–H groups in total. The average molecular weight is 269 g/mol. The summed E-state index contributed by atoms with van der Waals surface area (Å²) in [7, 11) is 0. The van der Waals surface area contributed by atoms with E-state index in [1.54, 1.807) is 0 Å². The normalized spacial score (nSPS) is 19.5. The lowest BCUT2D eigenvalue weighted by atomic mass is 10.2. The lowest BCUT2D eigenvalue weighted by Crippen LogP contribution is -2.21. The molecule has 1 atom stereocenters. The van der Waals surface area contributed by atoms with Gasteiger partial charge in [0.1, 0.15) is 0 Å². The number of hydrogen-bond donors (Lipinski definition) is 2. The molecule has 100 valence electrons. The molecule has 1 aliphatic rings. The minimum atomic E-state index is 0.187. The van der Waals surface area contributed by atoms with Crippen molar-refractivity contribution < 1.29 is 4.74 Å². The molecule has 0 amide bonds. The fourth-order valence-corrected chi connectivity index (χ4v) is 3.06. The summed E-state index contributed by atoms with van der Waals surface area (Å²) >= 11 is 2.00. The number of nitrogens with zero attached hydrogens (tertiary/aromatic N) is 3. The zero-order valence-corrected chi connectivity index (χ0v) is 11.4. The third kappa shape index (κ3) is 3.90. The fourth-order valence-electron chi connectivity index (χ4n) is 1.82. The Hall–Kier alpha value is -1.24. The maximum atomic E-state index is 5.61. The number of thioether (sulfide) groups is 1. The van der Waals surface area contributed by atoms with E-state index >= 15 is 0 Å². The number of nitrogens with one attached hydrogen (secondary N) is 1. The molecule has 0 saturated carbocycles. The van der Waals surface area contributed by atoms with Crippen molar-refractivity contribution in [2.75, 3.05) is 30.0 Å². The third-order valence-electron chi connectivity index (χ3n) is 2.67. The summed E-state index contributed by atoms with van der Waals surface area (Å²) in [6.07, 6.45) is 3.88. The topological polar surface area (TPSA) is 86.0 Å². The highest BCUT2D eigenvalue weighted by molar-refractivity contribution is 7.99. The van der Waals surface area contributed by atoms with Gasteiger partial charge in [-0.25, -0.2) is 0 Å². The van der Waals surface area contributed by atoms with Gasteiger partial charge in [-0.3, -0.25) is 0 Å². The number of rotatable bonds is 5. The smallest absolute Gasteiger partial charge is 0.323 e. The van der Waals surface area contributed by atoms with Gasteiger partial charge in [-0.15, -0.1) is 0 Å². The van der Waals surface area contributed by atoms with E-state index in [9.17, 15) is 0 Å². The summed E-state index contributed by atoms with van der Waals surface area (Å²) in [5.41, 5.74) is 5.61. The number of hydrogen-bond acceptors (Lipinski definition) is 7. The molecular weight excluding hydrogens is 250 g/mol. The minimum Gasteiger partial charge on any atom is -0.464 e. The van der Waals surface area contributed by atoms with Crippen molar-refractivity contribution in [3.63, 3.8) is 0 Å². The van der Waals surface area contributed by atoms with E-state index < -0.39 is 0 Å². The van der Waals surface area contributed by atoms with Crippen LogP contribution in [0, 0.1) is 0 Å². The molecule has 1 unspecified atom stereocenters. The van der Waals surface area contributed by atoms with Crippen LogP contribution in [-0.4, -0.2) is 39.1 Å². The molecule has 1 aromatic heterocycles. The van der Waals surface area contributed by atoms with Crippen LogP contribution in [0.2, 0.25) is 0 Å². The van der Waals surface area contributed by atoms with Crippen LogP contribution in [0.15, 0.2) is 0 Å².